The molecule has 0 N–H and O–H groups in total. The van der Waals surface area contributed by atoms with Crippen LogP contribution in [-0.4, -0.2) is 9.97 Å². The molecular weight excluding hydrogens is 621 g/mol. The van der Waals surface area contributed by atoms with E-state index in [-0.39, 0.29) is 21.7 Å². The second-order valence-electron chi connectivity index (χ2n) is 17.3. The smallest absolute Gasteiger partial charge is 0.141 e. The van der Waals surface area contributed by atoms with Crippen LogP contribution in [-0.2, 0) is 21.7 Å². The Labute approximate surface area is 302 Å². The van der Waals surface area contributed by atoms with Crippen molar-refractivity contribution < 1.29 is 0 Å². The number of anilines is 6. The van der Waals surface area contributed by atoms with E-state index in [1.165, 1.54) is 61.7 Å². The van der Waals surface area contributed by atoms with Crippen LogP contribution in [0.5, 0.6) is 0 Å². The van der Waals surface area contributed by atoms with Crippen LogP contribution in [0.25, 0.3) is 11.3 Å². The number of hydrogen-bond donors (Lipinski definition) is 0. The molecule has 4 nitrogen and oxygen atoms in total. The SMILES string of the molecule is CC(C)(C)c1cc2c3c(c1)C(C)(C)c1cccnc1N3c1cc3c(cc1C2(C)C)C(C)(C)c1ccccc1N3c1cccc(-c2ccccn2)c1. The van der Waals surface area contributed by atoms with Crippen LogP contribution in [0.15, 0.2) is 116 Å². The molecule has 254 valence electrons. The lowest BCUT2D eigenvalue weighted by Crippen LogP contribution is -2.40. The van der Waals surface area contributed by atoms with Crippen LogP contribution in [0.3, 0.4) is 0 Å². The first-order valence-corrected chi connectivity index (χ1v) is 18.3. The minimum atomic E-state index is -0.259. The first-order chi connectivity index (χ1) is 24.2. The lowest BCUT2D eigenvalue weighted by molar-refractivity contribution is 0.560. The van der Waals surface area contributed by atoms with E-state index in [0.29, 0.717) is 0 Å². The number of hydrogen-bond acceptors (Lipinski definition) is 4. The number of pyridine rings is 2. The molecule has 0 radical (unpaired) electrons. The van der Waals surface area contributed by atoms with Gasteiger partial charge in [-0.2, -0.15) is 0 Å². The largest absolute Gasteiger partial charge is 0.310 e. The van der Waals surface area contributed by atoms with Crippen LogP contribution in [0, 0.1) is 0 Å². The van der Waals surface area contributed by atoms with Gasteiger partial charge in [0.15, 0.2) is 0 Å². The van der Waals surface area contributed by atoms with E-state index in [0.717, 1.165) is 22.8 Å². The molecule has 2 aromatic heterocycles. The van der Waals surface area contributed by atoms with Crippen LogP contribution in [0.1, 0.15) is 101 Å². The fraction of sp³-hybridized carbons (Fsp3) is 0.277. The van der Waals surface area contributed by atoms with Gasteiger partial charge in [-0.3, -0.25) is 9.88 Å². The van der Waals surface area contributed by atoms with E-state index in [9.17, 15) is 0 Å². The molecule has 4 aromatic carbocycles. The molecule has 3 aliphatic rings. The average Bonchev–Trinajstić information content (AvgIpc) is 3.11. The zero-order chi connectivity index (χ0) is 35.7. The van der Waals surface area contributed by atoms with Gasteiger partial charge in [-0.1, -0.05) is 117 Å². The maximum atomic E-state index is 5.16. The molecule has 0 atom stereocenters. The molecule has 51 heavy (non-hydrogen) atoms. The lowest BCUT2D eigenvalue weighted by Gasteiger charge is -2.51. The fourth-order valence-electron chi connectivity index (χ4n) is 8.99. The molecule has 5 heterocycles. The van der Waals surface area contributed by atoms with Gasteiger partial charge >= 0.3 is 0 Å². The Morgan fingerprint density at radius 2 is 1.12 bits per heavy atom. The van der Waals surface area contributed by atoms with Crippen LogP contribution >= 0.6 is 0 Å². The number of benzene rings is 4. The zero-order valence-electron chi connectivity index (χ0n) is 31.3. The summed E-state index contributed by atoms with van der Waals surface area (Å²) in [7, 11) is 0. The summed E-state index contributed by atoms with van der Waals surface area (Å²) in [5.41, 5.74) is 16.7. The summed E-state index contributed by atoms with van der Waals surface area (Å²) < 4.78 is 0. The van der Waals surface area contributed by atoms with Crippen molar-refractivity contribution in [2.24, 2.45) is 0 Å². The van der Waals surface area contributed by atoms with Gasteiger partial charge in [0, 0.05) is 45.5 Å². The van der Waals surface area contributed by atoms with Gasteiger partial charge in [-0.05, 0) is 87.3 Å². The van der Waals surface area contributed by atoms with Gasteiger partial charge in [0.05, 0.1) is 28.4 Å². The molecule has 0 bridgehead atoms. The molecule has 0 fully saturated rings. The van der Waals surface area contributed by atoms with Gasteiger partial charge in [0.25, 0.3) is 0 Å². The molecule has 3 aliphatic heterocycles. The molecule has 0 saturated heterocycles. The van der Waals surface area contributed by atoms with Gasteiger partial charge in [-0.25, -0.2) is 4.98 Å². The van der Waals surface area contributed by atoms with Gasteiger partial charge < -0.3 is 4.90 Å². The predicted octanol–water partition coefficient (Wildman–Crippen LogP) is 12.3. The maximum absolute atomic E-state index is 5.16. The fourth-order valence-corrected chi connectivity index (χ4v) is 8.99. The van der Waals surface area contributed by atoms with E-state index < -0.39 is 0 Å². The third kappa shape index (κ3) is 4.38. The van der Waals surface area contributed by atoms with Crippen molar-refractivity contribution in [3.63, 3.8) is 0 Å². The summed E-state index contributed by atoms with van der Waals surface area (Å²) in [6, 6.07) is 38.2. The number of aromatic nitrogens is 2. The topological polar surface area (TPSA) is 32.3 Å². The minimum absolute atomic E-state index is 0.00384. The predicted molar refractivity (Wildman–Crippen MR) is 212 cm³/mol. The highest BCUT2D eigenvalue weighted by atomic mass is 15.2. The molecule has 0 saturated carbocycles. The molecule has 0 unspecified atom stereocenters. The highest BCUT2D eigenvalue weighted by molar-refractivity contribution is 5.96. The monoisotopic (exact) mass is 666 g/mol. The van der Waals surface area contributed by atoms with Crippen molar-refractivity contribution >= 4 is 34.3 Å². The quantitative estimate of drug-likeness (QED) is 0.184. The van der Waals surface area contributed by atoms with E-state index >= 15 is 0 Å². The van der Waals surface area contributed by atoms with Gasteiger partial charge in [0.1, 0.15) is 5.82 Å². The number of nitrogens with zero attached hydrogens (tertiary/aromatic N) is 4. The Morgan fingerprint density at radius 1 is 0.490 bits per heavy atom. The Bertz CT molecular complexity index is 2390. The third-order valence-electron chi connectivity index (χ3n) is 12.0. The summed E-state index contributed by atoms with van der Waals surface area (Å²) in [4.78, 5) is 14.8. The van der Waals surface area contributed by atoms with Crippen molar-refractivity contribution in [2.75, 3.05) is 9.80 Å². The van der Waals surface area contributed by atoms with Crippen LogP contribution in [0.4, 0.5) is 34.3 Å². The van der Waals surface area contributed by atoms with Gasteiger partial charge in [0.2, 0.25) is 0 Å². The highest BCUT2D eigenvalue weighted by Gasteiger charge is 2.48. The Morgan fingerprint density at radius 3 is 1.82 bits per heavy atom. The molecule has 4 heteroatoms. The Kier molecular flexibility index (Phi) is 6.48. The summed E-state index contributed by atoms with van der Waals surface area (Å²) >= 11 is 0. The van der Waals surface area contributed by atoms with E-state index in [1.54, 1.807) is 0 Å². The van der Waals surface area contributed by atoms with Crippen molar-refractivity contribution in [3.05, 3.63) is 154 Å². The maximum Gasteiger partial charge on any atom is 0.141 e. The summed E-state index contributed by atoms with van der Waals surface area (Å²) in [6.45, 7) is 21.4. The third-order valence-corrected chi connectivity index (χ3v) is 12.0. The molecular formula is C47H46N4. The molecule has 6 aromatic rings. The van der Waals surface area contributed by atoms with E-state index in [4.69, 9.17) is 9.97 Å². The van der Waals surface area contributed by atoms with Crippen molar-refractivity contribution in [2.45, 2.75) is 84.0 Å². The highest BCUT2D eigenvalue weighted by Crippen LogP contribution is 2.63. The second-order valence-corrected chi connectivity index (χ2v) is 17.3. The molecule has 0 spiro atoms. The zero-order valence-corrected chi connectivity index (χ0v) is 31.3. The summed E-state index contributed by atoms with van der Waals surface area (Å²) in [6.07, 6.45) is 3.82. The second kappa shape index (κ2) is 10.4. The minimum Gasteiger partial charge on any atom is -0.310 e. The molecule has 0 aliphatic carbocycles. The van der Waals surface area contributed by atoms with E-state index in [1.807, 2.05) is 18.5 Å². The lowest BCUT2D eigenvalue weighted by atomic mass is 9.64. The van der Waals surface area contributed by atoms with Crippen LogP contribution in [0.2, 0.25) is 0 Å². The van der Waals surface area contributed by atoms with Crippen molar-refractivity contribution in [1.29, 1.82) is 0 Å². The number of fused-ring (bicyclic) bond motifs is 6. The summed E-state index contributed by atoms with van der Waals surface area (Å²) in [5, 5.41) is 0. The normalized spacial score (nSPS) is 17.1. The Hall–Kier alpha value is -5.22. The van der Waals surface area contributed by atoms with Gasteiger partial charge in [-0.15, -0.1) is 0 Å². The first-order valence-electron chi connectivity index (χ1n) is 18.3. The van der Waals surface area contributed by atoms with Crippen molar-refractivity contribution in [3.8, 4) is 11.3 Å². The first kappa shape index (κ1) is 31.7. The standard InChI is InChI=1S/C47H46N4/c1-44(2,3)30-25-36-42-37(26-30)47(8,9)35-27-34-40(28-41(35)51(42)43-33(46(36,6)7)19-15-23-49-43)50(39-21-11-10-18-32(39)45(34,4)5)31-17-14-16-29(24-31)38-20-12-13-22-48-38/h10-28H,1-9H3. The molecule has 0 amide bonds. The summed E-state index contributed by atoms with van der Waals surface area (Å²) in [5.74, 6) is 1.02. The number of para-hydroxylation sites is 1. The van der Waals surface area contributed by atoms with Crippen molar-refractivity contribution in [1.82, 2.24) is 9.97 Å². The average molecular weight is 667 g/mol. The Balaban J connectivity index is 1.36. The van der Waals surface area contributed by atoms with Crippen LogP contribution < -0.4 is 9.80 Å². The number of rotatable bonds is 2. The van der Waals surface area contributed by atoms with E-state index in [2.05, 4.69) is 169 Å². The molecule has 9 rings (SSSR count).